The molecule has 0 saturated heterocycles. The molecule has 1 rings (SSSR count). The second-order valence-corrected chi connectivity index (χ2v) is 4.32. The molecule has 0 heterocycles. The van der Waals surface area contributed by atoms with Gasteiger partial charge >= 0.3 is 0 Å². The fraction of sp³-hybridized carbons (Fsp3) is 1.00. The molecule has 0 N–H and O–H groups in total. The first-order valence-corrected chi connectivity index (χ1v) is 6.09. The highest BCUT2D eigenvalue weighted by atomic mass is 15.1. The van der Waals surface area contributed by atoms with Crippen molar-refractivity contribution < 1.29 is 0 Å². The van der Waals surface area contributed by atoms with Crippen LogP contribution in [0, 0.1) is 5.92 Å². The molecule has 0 aliphatic heterocycles. The van der Waals surface area contributed by atoms with Gasteiger partial charge in [-0.05, 0) is 32.0 Å². The summed E-state index contributed by atoms with van der Waals surface area (Å²) in [5.74, 6) is 1.05. The molecule has 1 nitrogen and oxygen atoms in total. The van der Waals surface area contributed by atoms with Crippen LogP contribution >= 0.6 is 0 Å². The van der Waals surface area contributed by atoms with Crippen LogP contribution in [-0.2, 0) is 0 Å². The van der Waals surface area contributed by atoms with Gasteiger partial charge in [0.05, 0.1) is 0 Å². The Hall–Kier alpha value is -0.0400. The Morgan fingerprint density at radius 3 is 2.15 bits per heavy atom. The third-order valence-electron chi connectivity index (χ3n) is 3.47. The zero-order valence-corrected chi connectivity index (χ0v) is 9.39. The summed E-state index contributed by atoms with van der Waals surface area (Å²) < 4.78 is 0. The summed E-state index contributed by atoms with van der Waals surface area (Å²) in [7, 11) is 0. The van der Waals surface area contributed by atoms with Gasteiger partial charge in [0.25, 0.3) is 0 Å². The summed E-state index contributed by atoms with van der Waals surface area (Å²) in [4.78, 5) is 2.55. The fourth-order valence-corrected chi connectivity index (χ4v) is 2.38. The molecular weight excluding hydrogens is 158 g/mol. The van der Waals surface area contributed by atoms with Crippen LogP contribution in [0.2, 0.25) is 0 Å². The van der Waals surface area contributed by atoms with Crippen molar-refractivity contribution in [1.82, 2.24) is 4.90 Å². The average Bonchev–Trinajstić information content (AvgIpc) is 2.21. The molecule has 1 saturated carbocycles. The van der Waals surface area contributed by atoms with Crippen LogP contribution in [-0.4, -0.2) is 24.5 Å². The van der Waals surface area contributed by atoms with Crippen molar-refractivity contribution in [3.8, 4) is 0 Å². The molecular formula is C12H25N. The van der Waals surface area contributed by atoms with E-state index in [1.54, 1.807) is 0 Å². The van der Waals surface area contributed by atoms with Crippen molar-refractivity contribution in [3.05, 3.63) is 0 Å². The van der Waals surface area contributed by atoms with Crippen molar-refractivity contribution in [3.63, 3.8) is 0 Å². The number of hydrogen-bond donors (Lipinski definition) is 0. The third-order valence-corrected chi connectivity index (χ3v) is 3.47. The van der Waals surface area contributed by atoms with Crippen molar-refractivity contribution in [2.45, 2.75) is 52.4 Å². The molecule has 0 spiro atoms. The van der Waals surface area contributed by atoms with E-state index in [0.29, 0.717) is 0 Å². The topological polar surface area (TPSA) is 3.24 Å². The molecule has 0 amide bonds. The second kappa shape index (κ2) is 6.42. The largest absolute Gasteiger partial charge is 0.304 e. The molecule has 1 aliphatic carbocycles. The predicted molar refractivity (Wildman–Crippen MR) is 59.0 cm³/mol. The first-order chi connectivity index (χ1) is 6.36. The number of nitrogens with zero attached hydrogens (tertiary/aromatic N) is 1. The molecule has 0 aromatic rings. The Morgan fingerprint density at radius 1 is 1.00 bits per heavy atom. The smallest absolute Gasteiger partial charge is 0.00163 e. The van der Waals surface area contributed by atoms with Crippen LogP contribution < -0.4 is 0 Å². The lowest BCUT2D eigenvalue weighted by Gasteiger charge is -2.25. The maximum atomic E-state index is 2.55. The van der Waals surface area contributed by atoms with Gasteiger partial charge in [-0.2, -0.15) is 0 Å². The Balaban J connectivity index is 2.09. The van der Waals surface area contributed by atoms with E-state index in [4.69, 9.17) is 0 Å². The van der Waals surface area contributed by atoms with E-state index < -0.39 is 0 Å². The van der Waals surface area contributed by atoms with E-state index in [1.165, 1.54) is 58.2 Å². The summed E-state index contributed by atoms with van der Waals surface area (Å²) in [5, 5.41) is 0. The quantitative estimate of drug-likeness (QED) is 0.632. The molecule has 0 aromatic heterocycles. The van der Waals surface area contributed by atoms with Gasteiger partial charge in [0, 0.05) is 0 Å². The van der Waals surface area contributed by atoms with Gasteiger partial charge in [0.2, 0.25) is 0 Å². The Kier molecular flexibility index (Phi) is 5.45. The standard InChI is InChI=1S/C12H25N/c1-3-13(4-2)11-10-12-8-6-5-7-9-12/h12H,3-11H2,1-2H3. The molecule has 78 valence electrons. The van der Waals surface area contributed by atoms with Gasteiger partial charge in [-0.1, -0.05) is 46.0 Å². The van der Waals surface area contributed by atoms with Gasteiger partial charge in [-0.15, -0.1) is 0 Å². The zero-order chi connectivity index (χ0) is 9.52. The van der Waals surface area contributed by atoms with Gasteiger partial charge in [0.1, 0.15) is 0 Å². The van der Waals surface area contributed by atoms with E-state index in [9.17, 15) is 0 Å². The van der Waals surface area contributed by atoms with E-state index >= 15 is 0 Å². The van der Waals surface area contributed by atoms with Gasteiger partial charge < -0.3 is 4.90 Å². The van der Waals surface area contributed by atoms with Crippen molar-refractivity contribution in [2.75, 3.05) is 19.6 Å². The fourth-order valence-electron chi connectivity index (χ4n) is 2.38. The molecule has 0 radical (unpaired) electrons. The summed E-state index contributed by atoms with van der Waals surface area (Å²) in [6.45, 7) is 8.32. The van der Waals surface area contributed by atoms with Crippen LogP contribution in [0.5, 0.6) is 0 Å². The first-order valence-electron chi connectivity index (χ1n) is 6.09. The normalized spacial score (nSPS) is 19.6. The predicted octanol–water partition coefficient (Wildman–Crippen LogP) is 3.30. The summed E-state index contributed by atoms with van der Waals surface area (Å²) >= 11 is 0. The van der Waals surface area contributed by atoms with Crippen LogP contribution in [0.1, 0.15) is 52.4 Å². The Morgan fingerprint density at radius 2 is 1.62 bits per heavy atom. The lowest BCUT2D eigenvalue weighted by Crippen LogP contribution is -2.26. The van der Waals surface area contributed by atoms with Crippen LogP contribution in [0.4, 0.5) is 0 Å². The minimum absolute atomic E-state index is 1.05. The minimum atomic E-state index is 1.05. The molecule has 0 aromatic carbocycles. The van der Waals surface area contributed by atoms with Crippen LogP contribution in [0.15, 0.2) is 0 Å². The van der Waals surface area contributed by atoms with Crippen LogP contribution in [0.3, 0.4) is 0 Å². The highest BCUT2D eigenvalue weighted by Gasteiger charge is 2.13. The molecule has 1 heteroatoms. The zero-order valence-electron chi connectivity index (χ0n) is 9.39. The Labute approximate surface area is 83.5 Å². The lowest BCUT2D eigenvalue weighted by molar-refractivity contribution is 0.248. The summed E-state index contributed by atoms with van der Waals surface area (Å²) in [6, 6.07) is 0. The molecule has 0 unspecified atom stereocenters. The lowest BCUT2D eigenvalue weighted by atomic mass is 9.87. The number of rotatable bonds is 5. The van der Waals surface area contributed by atoms with Crippen molar-refractivity contribution in [1.29, 1.82) is 0 Å². The minimum Gasteiger partial charge on any atom is -0.304 e. The first kappa shape index (κ1) is 11.0. The second-order valence-electron chi connectivity index (χ2n) is 4.32. The molecule has 0 atom stereocenters. The van der Waals surface area contributed by atoms with Gasteiger partial charge in [-0.3, -0.25) is 0 Å². The molecule has 0 bridgehead atoms. The van der Waals surface area contributed by atoms with E-state index in [1.807, 2.05) is 0 Å². The third kappa shape index (κ3) is 4.12. The summed E-state index contributed by atoms with van der Waals surface area (Å²) in [6.07, 6.45) is 8.91. The molecule has 13 heavy (non-hydrogen) atoms. The van der Waals surface area contributed by atoms with Gasteiger partial charge in [0.15, 0.2) is 0 Å². The van der Waals surface area contributed by atoms with Gasteiger partial charge in [-0.25, -0.2) is 0 Å². The molecule has 1 aliphatic rings. The van der Waals surface area contributed by atoms with E-state index in [2.05, 4.69) is 18.7 Å². The SMILES string of the molecule is CCN(CC)CCC1CCCCC1. The van der Waals surface area contributed by atoms with Crippen LogP contribution in [0.25, 0.3) is 0 Å². The monoisotopic (exact) mass is 183 g/mol. The highest BCUT2D eigenvalue weighted by Crippen LogP contribution is 2.26. The maximum Gasteiger partial charge on any atom is -0.00163 e. The Bertz CT molecular complexity index is 112. The highest BCUT2D eigenvalue weighted by molar-refractivity contribution is 4.67. The van der Waals surface area contributed by atoms with Crippen molar-refractivity contribution >= 4 is 0 Å². The number of hydrogen-bond acceptors (Lipinski definition) is 1. The molecule has 1 fully saturated rings. The maximum absolute atomic E-state index is 2.55. The average molecular weight is 183 g/mol. The van der Waals surface area contributed by atoms with E-state index in [-0.39, 0.29) is 0 Å². The van der Waals surface area contributed by atoms with Crippen molar-refractivity contribution in [2.24, 2.45) is 5.92 Å². The summed E-state index contributed by atoms with van der Waals surface area (Å²) in [5.41, 5.74) is 0. The van der Waals surface area contributed by atoms with E-state index in [0.717, 1.165) is 5.92 Å².